The van der Waals surface area contributed by atoms with E-state index >= 15 is 0 Å². The van der Waals surface area contributed by atoms with Crippen molar-refractivity contribution in [1.82, 2.24) is 0 Å². The van der Waals surface area contributed by atoms with Gasteiger partial charge in [0.2, 0.25) is 0 Å². The lowest BCUT2D eigenvalue weighted by molar-refractivity contribution is 1.18. The van der Waals surface area contributed by atoms with E-state index in [1.165, 1.54) is 221 Å². The average Bonchev–Trinajstić information content (AvgIpc) is 0.715. The van der Waals surface area contributed by atoms with Crippen LogP contribution in [0.1, 0.15) is 0 Å². The number of anilines is 16. The fraction of sp³-hybridized carbons (Fsp3) is 0.0769. The van der Waals surface area contributed by atoms with Gasteiger partial charge in [-0.15, -0.1) is 0 Å². The molecule has 0 unspecified atom stereocenters. The molecule has 8 heterocycles. The van der Waals surface area contributed by atoms with E-state index in [4.69, 9.17) is 0 Å². The summed E-state index contributed by atoms with van der Waals surface area (Å²) in [4.78, 5) is 19.0. The smallest absolute Gasteiger partial charge is 0.253 e. The molecule has 0 spiro atoms. The van der Waals surface area contributed by atoms with E-state index in [2.05, 4.69) is 435 Å². The summed E-state index contributed by atoms with van der Waals surface area (Å²) in [6.07, 6.45) is 0. The molecule has 0 bridgehead atoms. The van der Waals surface area contributed by atoms with E-state index < -0.39 is 0 Å². The van der Waals surface area contributed by atoms with Gasteiger partial charge in [0.25, 0.3) is 26.9 Å². The molecule has 0 saturated heterocycles. The maximum atomic E-state index is 2.42. The van der Waals surface area contributed by atoms with Crippen molar-refractivity contribution in [3.05, 3.63) is 340 Å². The monoisotopic (exact) mass is 1480 g/mol. The summed E-state index contributed by atoms with van der Waals surface area (Å²) in [6, 6.07) is 125. The molecular formula is C104H80B4N8. The molecule has 8 aliphatic heterocycles. The molecule has 26 rings (SSSR count). The summed E-state index contributed by atoms with van der Waals surface area (Å²) < 4.78 is 0. The van der Waals surface area contributed by atoms with Crippen molar-refractivity contribution in [1.29, 1.82) is 0 Å². The molecule has 0 saturated carbocycles. The number of hydrogen-bond donors (Lipinski definition) is 0. The van der Waals surface area contributed by atoms with Gasteiger partial charge in [0, 0.05) is 158 Å². The van der Waals surface area contributed by atoms with Crippen molar-refractivity contribution in [3.8, 4) is 0 Å². The Bertz CT molecular complexity index is 7080. The van der Waals surface area contributed by atoms with Gasteiger partial charge >= 0.3 is 0 Å². The van der Waals surface area contributed by atoms with Crippen LogP contribution in [-0.2, 0) is 0 Å². The molecule has 0 N–H and O–H groups in total. The number of hydrogen-bond acceptors (Lipinski definition) is 8. The lowest BCUT2D eigenvalue weighted by atomic mass is 9.32. The summed E-state index contributed by atoms with van der Waals surface area (Å²) in [5.41, 5.74) is 37.8. The second-order valence-corrected chi connectivity index (χ2v) is 32.5. The highest BCUT2D eigenvalue weighted by molar-refractivity contribution is 7.04. The van der Waals surface area contributed by atoms with Crippen molar-refractivity contribution in [3.63, 3.8) is 0 Å². The number of nitrogens with zero attached hydrogens (tertiary/aromatic N) is 8. The molecule has 116 heavy (non-hydrogen) atoms. The molecule has 0 atom stereocenters. The Morgan fingerprint density at radius 2 is 0.431 bits per heavy atom. The van der Waals surface area contributed by atoms with Gasteiger partial charge in [-0.05, 0) is 204 Å². The second-order valence-electron chi connectivity index (χ2n) is 32.5. The summed E-state index contributed by atoms with van der Waals surface area (Å²) >= 11 is 0. The molecule has 8 nitrogen and oxygen atoms in total. The normalized spacial score (nSPS) is 14.0. The Hall–Kier alpha value is -13.8. The van der Waals surface area contributed by atoms with E-state index in [1.807, 2.05) is 0 Å². The first-order valence-corrected chi connectivity index (χ1v) is 40.7. The van der Waals surface area contributed by atoms with Gasteiger partial charge < -0.3 is 39.2 Å². The zero-order chi connectivity index (χ0) is 77.6. The van der Waals surface area contributed by atoms with Gasteiger partial charge in [-0.25, -0.2) is 0 Å². The van der Waals surface area contributed by atoms with Gasteiger partial charge in [-0.2, -0.15) is 0 Å². The van der Waals surface area contributed by atoms with Gasteiger partial charge in [0.1, 0.15) is 0 Å². The zero-order valence-corrected chi connectivity index (χ0v) is 66.2. The number of rotatable bonds is 0. The van der Waals surface area contributed by atoms with Gasteiger partial charge in [-0.1, -0.05) is 255 Å². The van der Waals surface area contributed by atoms with Gasteiger partial charge in [0.15, 0.2) is 0 Å². The van der Waals surface area contributed by atoms with Crippen LogP contribution < -0.4 is 105 Å². The minimum atomic E-state index is 0.209. The summed E-state index contributed by atoms with van der Waals surface area (Å²) in [7, 11) is 17.6. The lowest BCUT2D eigenvalue weighted by Gasteiger charge is -2.42. The first-order valence-electron chi connectivity index (χ1n) is 40.7. The van der Waals surface area contributed by atoms with Crippen molar-refractivity contribution < 1.29 is 0 Å². The van der Waals surface area contributed by atoms with Crippen molar-refractivity contribution >= 4 is 248 Å². The maximum Gasteiger partial charge on any atom is 0.253 e. The molecule has 8 aliphatic rings. The Morgan fingerprint density at radius 3 is 0.914 bits per heavy atom. The topological polar surface area (TPSA) is 25.9 Å². The highest BCUT2D eigenvalue weighted by atomic mass is 15.2. The standard InChI is InChI=1S/2C28H21BN2.2C24H19BN2/c1-30-22-12-7-13-23-28(22)29(26-20-10-5-3-8-18(20)14-16-24(26)30)27-21-11-6-4-9-19(21)15-17-25(27)31(23)2;1-30-23-12-7-13-24-28(23)29(27-21-11-6-5-8-18(21)14-15-25(27)30)22-16-19-9-3-4-10-20(19)17-26(22)31(24)2;1-26-20-13-7-5-11-18(20)25-19-12-6-8-14-21(19)27(2)24-17-10-4-3-9-16(17)15-22(26)23(24)25;1-26-20-11-6-5-10-18(20)25-19-15-14-16-8-3-4-9-17(16)24(19)27(2)22-13-7-12-21(26)23(22)25/h2*3-17H,1-2H3;2*3-15H,1-2H3. The van der Waals surface area contributed by atoms with Crippen molar-refractivity contribution in [2.45, 2.75) is 0 Å². The third-order valence-corrected chi connectivity index (χ3v) is 27.0. The maximum absolute atomic E-state index is 2.42. The molecule has 0 amide bonds. The molecule has 548 valence electrons. The minimum absolute atomic E-state index is 0.209. The Kier molecular flexibility index (Phi) is 15.1. The number of para-hydroxylation sites is 3. The van der Waals surface area contributed by atoms with Gasteiger partial charge in [-0.3, -0.25) is 0 Å². The van der Waals surface area contributed by atoms with Crippen LogP contribution in [0.4, 0.5) is 91.0 Å². The van der Waals surface area contributed by atoms with E-state index in [0.717, 1.165) is 0 Å². The predicted molar refractivity (Wildman–Crippen MR) is 505 cm³/mol. The fourth-order valence-corrected chi connectivity index (χ4v) is 21.8. The van der Waals surface area contributed by atoms with Crippen LogP contribution in [0.15, 0.2) is 340 Å². The largest absolute Gasteiger partial charge is 0.345 e. The van der Waals surface area contributed by atoms with E-state index in [-0.39, 0.29) is 26.9 Å². The van der Waals surface area contributed by atoms with E-state index in [0.29, 0.717) is 0 Å². The zero-order valence-electron chi connectivity index (χ0n) is 66.2. The molecule has 12 heteroatoms. The van der Waals surface area contributed by atoms with Crippen LogP contribution in [-0.4, -0.2) is 83.2 Å². The van der Waals surface area contributed by atoms with Gasteiger partial charge in [0.05, 0.1) is 0 Å². The highest BCUT2D eigenvalue weighted by Crippen LogP contribution is 2.45. The molecule has 0 fully saturated rings. The second kappa shape index (κ2) is 25.9. The van der Waals surface area contributed by atoms with Crippen LogP contribution in [0.3, 0.4) is 0 Å². The fourth-order valence-electron chi connectivity index (χ4n) is 21.8. The lowest BCUT2D eigenvalue weighted by Crippen LogP contribution is -2.62. The third-order valence-electron chi connectivity index (χ3n) is 27.0. The summed E-state index contributed by atoms with van der Waals surface area (Å²) in [5, 5.41) is 15.8. The Balaban J connectivity index is 0.0000000914. The Labute approximate surface area is 678 Å². The van der Waals surface area contributed by atoms with Crippen LogP contribution in [0.25, 0.3) is 64.6 Å². The predicted octanol–water partition coefficient (Wildman–Crippen LogP) is 16.4. The molecule has 18 aromatic carbocycles. The highest BCUT2D eigenvalue weighted by Gasteiger charge is 2.47. The van der Waals surface area contributed by atoms with Crippen molar-refractivity contribution in [2.75, 3.05) is 95.6 Å². The Morgan fingerprint density at radius 1 is 0.147 bits per heavy atom. The van der Waals surface area contributed by atoms with Crippen LogP contribution in [0, 0.1) is 0 Å². The first-order chi connectivity index (χ1) is 57.0. The number of benzene rings is 18. The van der Waals surface area contributed by atoms with Crippen LogP contribution in [0.5, 0.6) is 0 Å². The van der Waals surface area contributed by atoms with Crippen LogP contribution >= 0.6 is 0 Å². The SMILES string of the molecule is CN1c2cc3ccccc3cc2B2c3c1cccc3N(C)c1ccc3ccccc3c12.CN1c2cccc3c2B(c2c1ccc1ccccc21)c1c(ccc2ccccc12)N3C.CN1c2ccccc2B2c3ccc4ccccc4c3N(C)c3cccc1c32.CN1c2ccccc2B2c3ccccc3N(C)c3c2c1cc1ccccc31. The summed E-state index contributed by atoms with van der Waals surface area (Å²) in [6.45, 7) is 0.985. The van der Waals surface area contributed by atoms with Crippen LogP contribution in [0.2, 0.25) is 0 Å². The summed E-state index contributed by atoms with van der Waals surface area (Å²) in [5.74, 6) is 0. The molecular weight excluding hydrogens is 1400 g/mol. The third kappa shape index (κ3) is 9.67. The quantitative estimate of drug-likeness (QED) is 0.139. The molecule has 0 aliphatic carbocycles. The first kappa shape index (κ1) is 67.8. The molecule has 18 aromatic rings. The number of fused-ring (bicyclic) bond motifs is 27. The molecule has 0 aromatic heterocycles. The van der Waals surface area contributed by atoms with E-state index in [1.54, 1.807) is 0 Å². The molecule has 0 radical (unpaired) electrons. The average molecular weight is 1490 g/mol. The minimum Gasteiger partial charge on any atom is -0.345 e. The van der Waals surface area contributed by atoms with E-state index in [9.17, 15) is 0 Å². The van der Waals surface area contributed by atoms with Crippen molar-refractivity contribution in [2.24, 2.45) is 0 Å².